The quantitative estimate of drug-likeness (QED) is 0.491. The van der Waals surface area contributed by atoms with Gasteiger partial charge < -0.3 is 9.47 Å². The van der Waals surface area contributed by atoms with Crippen molar-refractivity contribution >= 4 is 22.2 Å². The molecule has 4 nitrogen and oxygen atoms in total. The number of methoxy groups -OCH3 is 2. The molecular weight excluding hydrogens is 344 g/mol. The molecule has 26 heavy (non-hydrogen) atoms. The van der Waals surface area contributed by atoms with Crippen molar-refractivity contribution in [2.24, 2.45) is 0 Å². The zero-order valence-electron chi connectivity index (χ0n) is 14.8. The number of thiazole rings is 1. The molecule has 0 fully saturated rings. The molecule has 2 aromatic carbocycles. The van der Waals surface area contributed by atoms with Gasteiger partial charge in [0.2, 0.25) is 0 Å². The summed E-state index contributed by atoms with van der Waals surface area (Å²) in [6, 6.07) is 16.0. The standard InChI is InChI=1S/C21H18N2O2S/c1-13-10-17(15-6-4-5-7-18(15)22-13)21-23-19(12-26-21)16-9-8-14(24-2)11-20(16)25-3/h4-12H,1-3H3. The van der Waals surface area contributed by atoms with Gasteiger partial charge in [-0.05, 0) is 31.2 Å². The molecule has 4 rings (SSSR count). The van der Waals surface area contributed by atoms with Crippen LogP contribution in [-0.2, 0) is 0 Å². The van der Waals surface area contributed by atoms with Gasteiger partial charge in [-0.25, -0.2) is 4.98 Å². The van der Waals surface area contributed by atoms with Crippen LogP contribution in [-0.4, -0.2) is 24.2 Å². The number of para-hydroxylation sites is 1. The highest BCUT2D eigenvalue weighted by Crippen LogP contribution is 2.37. The van der Waals surface area contributed by atoms with Crippen LogP contribution in [0.15, 0.2) is 53.9 Å². The second-order valence-corrected chi connectivity index (χ2v) is 6.79. The van der Waals surface area contributed by atoms with Crippen molar-refractivity contribution in [1.82, 2.24) is 9.97 Å². The van der Waals surface area contributed by atoms with Crippen LogP contribution >= 0.6 is 11.3 Å². The molecule has 0 saturated heterocycles. The van der Waals surface area contributed by atoms with Gasteiger partial charge >= 0.3 is 0 Å². The molecule has 2 aromatic heterocycles. The topological polar surface area (TPSA) is 44.2 Å². The minimum atomic E-state index is 0.747. The molecule has 0 aliphatic heterocycles. The molecule has 2 heterocycles. The van der Waals surface area contributed by atoms with Crippen molar-refractivity contribution in [3.8, 4) is 33.3 Å². The van der Waals surface area contributed by atoms with Gasteiger partial charge in [-0.2, -0.15) is 0 Å². The number of nitrogens with zero attached hydrogens (tertiary/aromatic N) is 2. The monoisotopic (exact) mass is 362 g/mol. The Morgan fingerprint density at radius 1 is 0.885 bits per heavy atom. The van der Waals surface area contributed by atoms with E-state index < -0.39 is 0 Å². The molecule has 5 heteroatoms. The lowest BCUT2D eigenvalue weighted by atomic mass is 10.1. The highest BCUT2D eigenvalue weighted by atomic mass is 32.1. The van der Waals surface area contributed by atoms with E-state index in [-0.39, 0.29) is 0 Å². The summed E-state index contributed by atoms with van der Waals surface area (Å²) < 4.78 is 10.8. The smallest absolute Gasteiger partial charge is 0.131 e. The number of aryl methyl sites for hydroxylation is 1. The van der Waals surface area contributed by atoms with Gasteiger partial charge in [-0.15, -0.1) is 11.3 Å². The zero-order valence-corrected chi connectivity index (χ0v) is 15.6. The minimum absolute atomic E-state index is 0.747. The van der Waals surface area contributed by atoms with E-state index in [1.807, 2.05) is 43.3 Å². The maximum atomic E-state index is 5.52. The van der Waals surface area contributed by atoms with Crippen molar-refractivity contribution < 1.29 is 9.47 Å². The van der Waals surface area contributed by atoms with E-state index in [9.17, 15) is 0 Å². The van der Waals surface area contributed by atoms with Crippen molar-refractivity contribution in [2.45, 2.75) is 6.92 Å². The first kappa shape index (κ1) is 16.5. The van der Waals surface area contributed by atoms with Gasteiger partial charge in [0.1, 0.15) is 16.5 Å². The SMILES string of the molecule is COc1ccc(-c2csc(-c3cc(C)nc4ccccc34)n2)c(OC)c1. The molecule has 0 bridgehead atoms. The number of fused-ring (bicyclic) bond motifs is 1. The molecule has 0 amide bonds. The van der Waals surface area contributed by atoms with Crippen molar-refractivity contribution in [2.75, 3.05) is 14.2 Å². The second kappa shape index (κ2) is 6.77. The maximum Gasteiger partial charge on any atom is 0.131 e. The van der Waals surface area contributed by atoms with Crippen molar-refractivity contribution in [3.63, 3.8) is 0 Å². The Balaban J connectivity index is 1.83. The van der Waals surface area contributed by atoms with E-state index in [4.69, 9.17) is 14.5 Å². The molecule has 0 aliphatic rings. The molecule has 0 N–H and O–H groups in total. The Kier molecular flexibility index (Phi) is 4.31. The fraction of sp³-hybridized carbons (Fsp3) is 0.143. The average Bonchev–Trinajstić information content (AvgIpc) is 3.16. The summed E-state index contributed by atoms with van der Waals surface area (Å²) >= 11 is 1.62. The number of ether oxygens (including phenoxy) is 2. The molecule has 0 spiro atoms. The van der Waals surface area contributed by atoms with E-state index in [2.05, 4.69) is 22.5 Å². The van der Waals surface area contributed by atoms with Crippen LogP contribution in [0.1, 0.15) is 5.69 Å². The van der Waals surface area contributed by atoms with Gasteiger partial charge in [-0.3, -0.25) is 4.98 Å². The average molecular weight is 362 g/mol. The van der Waals surface area contributed by atoms with Crippen LogP contribution in [0.3, 0.4) is 0 Å². The lowest BCUT2D eigenvalue weighted by molar-refractivity contribution is 0.395. The largest absolute Gasteiger partial charge is 0.497 e. The van der Waals surface area contributed by atoms with Crippen LogP contribution in [0.4, 0.5) is 0 Å². The number of aromatic nitrogens is 2. The number of hydrogen-bond acceptors (Lipinski definition) is 5. The fourth-order valence-electron chi connectivity index (χ4n) is 3.02. The molecule has 0 unspecified atom stereocenters. The highest BCUT2D eigenvalue weighted by Gasteiger charge is 2.14. The first-order valence-electron chi connectivity index (χ1n) is 8.24. The summed E-state index contributed by atoms with van der Waals surface area (Å²) in [5.74, 6) is 1.51. The van der Waals surface area contributed by atoms with E-state index in [1.54, 1.807) is 25.6 Å². The zero-order chi connectivity index (χ0) is 18.1. The summed E-state index contributed by atoms with van der Waals surface area (Å²) in [5, 5.41) is 4.14. The van der Waals surface area contributed by atoms with Crippen LogP contribution in [0.25, 0.3) is 32.7 Å². The molecule has 4 aromatic rings. The summed E-state index contributed by atoms with van der Waals surface area (Å²) in [5.41, 5.74) is 4.92. The number of hydrogen-bond donors (Lipinski definition) is 0. The Morgan fingerprint density at radius 2 is 1.73 bits per heavy atom. The Bertz CT molecular complexity index is 1090. The predicted molar refractivity (Wildman–Crippen MR) is 106 cm³/mol. The predicted octanol–water partition coefficient (Wildman–Crippen LogP) is 5.35. The number of benzene rings is 2. The third kappa shape index (κ3) is 2.91. The molecule has 0 atom stereocenters. The van der Waals surface area contributed by atoms with E-state index in [0.717, 1.165) is 49.9 Å². The lowest BCUT2D eigenvalue weighted by Crippen LogP contribution is -1.91. The lowest BCUT2D eigenvalue weighted by Gasteiger charge is -2.08. The highest BCUT2D eigenvalue weighted by molar-refractivity contribution is 7.13. The Labute approximate surface area is 156 Å². The van der Waals surface area contributed by atoms with Crippen molar-refractivity contribution in [1.29, 1.82) is 0 Å². The maximum absolute atomic E-state index is 5.52. The number of rotatable bonds is 4. The normalized spacial score (nSPS) is 10.9. The summed E-state index contributed by atoms with van der Waals surface area (Å²) in [6.45, 7) is 2.01. The summed E-state index contributed by atoms with van der Waals surface area (Å²) in [7, 11) is 3.30. The third-order valence-electron chi connectivity index (χ3n) is 4.26. The van der Waals surface area contributed by atoms with E-state index in [0.29, 0.717) is 0 Å². The van der Waals surface area contributed by atoms with Crippen LogP contribution in [0.2, 0.25) is 0 Å². The molecule has 0 radical (unpaired) electrons. The Hall–Kier alpha value is -2.92. The minimum Gasteiger partial charge on any atom is -0.497 e. The van der Waals surface area contributed by atoms with Gasteiger partial charge in [0.15, 0.2) is 0 Å². The number of pyridine rings is 1. The van der Waals surface area contributed by atoms with Crippen LogP contribution < -0.4 is 9.47 Å². The van der Waals surface area contributed by atoms with Gasteiger partial charge in [0.25, 0.3) is 0 Å². The van der Waals surface area contributed by atoms with Gasteiger partial charge in [0.05, 0.1) is 25.4 Å². The van der Waals surface area contributed by atoms with Crippen LogP contribution in [0, 0.1) is 6.92 Å². The van der Waals surface area contributed by atoms with Crippen LogP contribution in [0.5, 0.6) is 11.5 Å². The Morgan fingerprint density at radius 3 is 2.54 bits per heavy atom. The first-order valence-corrected chi connectivity index (χ1v) is 9.12. The van der Waals surface area contributed by atoms with Gasteiger partial charge in [-0.1, -0.05) is 18.2 Å². The summed E-state index contributed by atoms with van der Waals surface area (Å²) in [4.78, 5) is 9.49. The van der Waals surface area contributed by atoms with E-state index in [1.165, 1.54) is 0 Å². The van der Waals surface area contributed by atoms with Crippen molar-refractivity contribution in [3.05, 3.63) is 59.6 Å². The summed E-state index contributed by atoms with van der Waals surface area (Å²) in [6.07, 6.45) is 0. The molecular formula is C21H18N2O2S. The van der Waals surface area contributed by atoms with E-state index >= 15 is 0 Å². The second-order valence-electron chi connectivity index (χ2n) is 5.93. The fourth-order valence-corrected chi connectivity index (χ4v) is 3.87. The molecule has 0 saturated carbocycles. The first-order chi connectivity index (χ1) is 12.7. The molecule has 130 valence electrons. The van der Waals surface area contributed by atoms with Gasteiger partial charge in [0, 0.05) is 33.7 Å². The third-order valence-corrected chi connectivity index (χ3v) is 5.14. The molecule has 0 aliphatic carbocycles.